The van der Waals surface area contributed by atoms with Gasteiger partial charge in [-0.15, -0.1) is 11.3 Å². The predicted octanol–water partition coefficient (Wildman–Crippen LogP) is 4.65. The molecule has 2 heterocycles. The molecule has 3 aromatic rings. The molecular formula is C20H21N3OS. The van der Waals surface area contributed by atoms with Crippen LogP contribution in [0.2, 0.25) is 0 Å². The van der Waals surface area contributed by atoms with Crippen LogP contribution in [0.4, 0.5) is 5.69 Å². The molecule has 0 saturated carbocycles. The lowest BCUT2D eigenvalue weighted by Gasteiger charge is -2.12. The van der Waals surface area contributed by atoms with Gasteiger partial charge in [-0.3, -0.25) is 9.78 Å². The van der Waals surface area contributed by atoms with E-state index in [2.05, 4.69) is 28.3 Å². The molecule has 0 atom stereocenters. The highest BCUT2D eigenvalue weighted by Gasteiger charge is 2.10. The van der Waals surface area contributed by atoms with Crippen LogP contribution in [-0.2, 0) is 17.6 Å². The summed E-state index contributed by atoms with van der Waals surface area (Å²) in [7, 11) is 0. The summed E-state index contributed by atoms with van der Waals surface area (Å²) in [6.07, 6.45) is 5.51. The molecule has 25 heavy (non-hydrogen) atoms. The number of benzene rings is 1. The Balaban J connectivity index is 1.61. The molecular weight excluding hydrogens is 330 g/mol. The summed E-state index contributed by atoms with van der Waals surface area (Å²) in [5.74, 6) is 0.0277. The zero-order chi connectivity index (χ0) is 17.6. The van der Waals surface area contributed by atoms with Crippen molar-refractivity contribution in [3.8, 4) is 10.6 Å². The summed E-state index contributed by atoms with van der Waals surface area (Å²) in [4.78, 5) is 21.1. The summed E-state index contributed by atoms with van der Waals surface area (Å²) in [6, 6.07) is 10.0. The number of anilines is 1. The summed E-state index contributed by atoms with van der Waals surface area (Å²) in [6.45, 7) is 4.12. The SMILES string of the molecule is CCc1cccc(C)c1NC(=O)CCc1csc(-c2cccnc2)n1. The number of nitrogens with zero attached hydrogens (tertiary/aromatic N) is 2. The van der Waals surface area contributed by atoms with Crippen molar-refractivity contribution in [2.75, 3.05) is 5.32 Å². The first kappa shape index (κ1) is 17.3. The fourth-order valence-corrected chi connectivity index (χ4v) is 3.53. The van der Waals surface area contributed by atoms with Gasteiger partial charge in [0.25, 0.3) is 0 Å². The predicted molar refractivity (Wildman–Crippen MR) is 103 cm³/mol. The molecule has 0 aliphatic rings. The van der Waals surface area contributed by atoms with Gasteiger partial charge in [-0.25, -0.2) is 4.98 Å². The molecule has 1 N–H and O–H groups in total. The van der Waals surface area contributed by atoms with Crippen molar-refractivity contribution in [2.45, 2.75) is 33.1 Å². The molecule has 0 spiro atoms. The van der Waals surface area contributed by atoms with E-state index in [1.807, 2.05) is 36.6 Å². The Morgan fingerprint density at radius 3 is 2.88 bits per heavy atom. The van der Waals surface area contributed by atoms with Gasteiger partial charge >= 0.3 is 0 Å². The zero-order valence-corrected chi connectivity index (χ0v) is 15.3. The number of pyridine rings is 1. The van der Waals surface area contributed by atoms with E-state index in [0.29, 0.717) is 12.8 Å². The molecule has 0 saturated heterocycles. The summed E-state index contributed by atoms with van der Waals surface area (Å²) in [5.41, 5.74) is 5.17. The Hall–Kier alpha value is -2.53. The maximum absolute atomic E-state index is 12.3. The topological polar surface area (TPSA) is 54.9 Å². The highest BCUT2D eigenvalue weighted by atomic mass is 32.1. The molecule has 0 radical (unpaired) electrons. The molecule has 1 aromatic carbocycles. The number of para-hydroxylation sites is 1. The minimum atomic E-state index is 0.0277. The molecule has 3 rings (SSSR count). The minimum Gasteiger partial charge on any atom is -0.326 e. The van der Waals surface area contributed by atoms with E-state index < -0.39 is 0 Å². The van der Waals surface area contributed by atoms with Crippen LogP contribution in [-0.4, -0.2) is 15.9 Å². The number of nitrogens with one attached hydrogen (secondary N) is 1. The molecule has 128 valence electrons. The van der Waals surface area contributed by atoms with Crippen molar-refractivity contribution in [3.05, 3.63) is 64.9 Å². The second-order valence-corrected chi connectivity index (χ2v) is 6.75. The van der Waals surface area contributed by atoms with Crippen LogP contribution in [0.25, 0.3) is 10.6 Å². The lowest BCUT2D eigenvalue weighted by Crippen LogP contribution is -2.14. The van der Waals surface area contributed by atoms with Crippen LogP contribution in [0.1, 0.15) is 30.2 Å². The van der Waals surface area contributed by atoms with E-state index in [9.17, 15) is 4.79 Å². The number of aromatic nitrogens is 2. The van der Waals surface area contributed by atoms with E-state index in [-0.39, 0.29) is 5.91 Å². The van der Waals surface area contributed by atoms with Crippen LogP contribution in [0.3, 0.4) is 0 Å². The maximum Gasteiger partial charge on any atom is 0.224 e. The van der Waals surface area contributed by atoms with Gasteiger partial charge in [-0.2, -0.15) is 0 Å². The van der Waals surface area contributed by atoms with Gasteiger partial charge < -0.3 is 5.32 Å². The standard InChI is InChI=1S/C20H21N3OS/c1-3-15-7-4-6-14(2)19(15)23-18(24)10-9-17-13-25-20(22-17)16-8-5-11-21-12-16/h4-8,11-13H,3,9-10H2,1-2H3,(H,23,24). The van der Waals surface area contributed by atoms with Crippen molar-refractivity contribution < 1.29 is 4.79 Å². The Labute approximate surface area is 152 Å². The second kappa shape index (κ2) is 8.03. The third kappa shape index (κ3) is 4.31. The average Bonchev–Trinajstić information content (AvgIpc) is 3.11. The Kier molecular flexibility index (Phi) is 5.56. The smallest absolute Gasteiger partial charge is 0.224 e. The van der Waals surface area contributed by atoms with Gasteiger partial charge in [0.15, 0.2) is 0 Å². The lowest BCUT2D eigenvalue weighted by molar-refractivity contribution is -0.116. The van der Waals surface area contributed by atoms with E-state index in [0.717, 1.165) is 33.9 Å². The number of thiazole rings is 1. The van der Waals surface area contributed by atoms with Gasteiger partial charge in [-0.05, 0) is 43.0 Å². The number of amides is 1. The van der Waals surface area contributed by atoms with E-state index in [4.69, 9.17) is 0 Å². The van der Waals surface area contributed by atoms with E-state index >= 15 is 0 Å². The molecule has 2 aromatic heterocycles. The normalized spacial score (nSPS) is 10.6. The number of hydrogen-bond donors (Lipinski definition) is 1. The van der Waals surface area contributed by atoms with Gasteiger partial charge in [-0.1, -0.05) is 25.1 Å². The second-order valence-electron chi connectivity index (χ2n) is 5.90. The highest BCUT2D eigenvalue weighted by molar-refractivity contribution is 7.13. The Morgan fingerprint density at radius 2 is 2.12 bits per heavy atom. The first-order chi connectivity index (χ1) is 12.2. The summed E-state index contributed by atoms with van der Waals surface area (Å²) >= 11 is 1.58. The fraction of sp³-hybridized carbons (Fsp3) is 0.250. The third-order valence-corrected chi connectivity index (χ3v) is 5.01. The van der Waals surface area contributed by atoms with E-state index in [1.54, 1.807) is 23.7 Å². The quantitative estimate of drug-likeness (QED) is 0.703. The third-order valence-electron chi connectivity index (χ3n) is 4.07. The molecule has 4 nitrogen and oxygen atoms in total. The lowest BCUT2D eigenvalue weighted by atomic mass is 10.1. The number of rotatable bonds is 6. The summed E-state index contributed by atoms with van der Waals surface area (Å²) < 4.78 is 0. The monoisotopic (exact) mass is 351 g/mol. The molecule has 0 aliphatic heterocycles. The van der Waals surface area contributed by atoms with Gasteiger partial charge in [0, 0.05) is 35.4 Å². The van der Waals surface area contributed by atoms with Crippen LogP contribution in [0, 0.1) is 6.92 Å². The Morgan fingerprint density at radius 1 is 1.24 bits per heavy atom. The molecule has 0 unspecified atom stereocenters. The minimum absolute atomic E-state index is 0.0277. The number of hydrogen-bond acceptors (Lipinski definition) is 4. The average molecular weight is 351 g/mol. The van der Waals surface area contributed by atoms with Crippen molar-refractivity contribution in [1.29, 1.82) is 0 Å². The first-order valence-corrected chi connectivity index (χ1v) is 9.28. The van der Waals surface area contributed by atoms with Crippen LogP contribution < -0.4 is 5.32 Å². The highest BCUT2D eigenvalue weighted by Crippen LogP contribution is 2.24. The number of carbonyl (C=O) groups is 1. The molecule has 1 amide bonds. The van der Waals surface area contributed by atoms with Crippen molar-refractivity contribution >= 4 is 22.9 Å². The van der Waals surface area contributed by atoms with Crippen LogP contribution in [0.5, 0.6) is 0 Å². The first-order valence-electron chi connectivity index (χ1n) is 8.40. The van der Waals surface area contributed by atoms with Crippen molar-refractivity contribution in [2.24, 2.45) is 0 Å². The Bertz CT molecular complexity index is 858. The van der Waals surface area contributed by atoms with Gasteiger partial charge in [0.2, 0.25) is 5.91 Å². The summed E-state index contributed by atoms with van der Waals surface area (Å²) in [5, 5.41) is 6.02. The van der Waals surface area contributed by atoms with Crippen LogP contribution in [0.15, 0.2) is 48.1 Å². The number of aryl methyl sites for hydroxylation is 3. The van der Waals surface area contributed by atoms with Crippen LogP contribution >= 0.6 is 11.3 Å². The van der Waals surface area contributed by atoms with Crippen molar-refractivity contribution in [1.82, 2.24) is 9.97 Å². The molecule has 0 bridgehead atoms. The molecule has 0 aliphatic carbocycles. The largest absolute Gasteiger partial charge is 0.326 e. The van der Waals surface area contributed by atoms with Gasteiger partial charge in [0.1, 0.15) is 5.01 Å². The fourth-order valence-electron chi connectivity index (χ4n) is 2.69. The zero-order valence-electron chi connectivity index (χ0n) is 14.5. The molecule has 0 fully saturated rings. The number of carbonyl (C=O) groups excluding carboxylic acids is 1. The maximum atomic E-state index is 12.3. The van der Waals surface area contributed by atoms with Gasteiger partial charge in [0.05, 0.1) is 5.69 Å². The van der Waals surface area contributed by atoms with Crippen molar-refractivity contribution in [3.63, 3.8) is 0 Å². The van der Waals surface area contributed by atoms with E-state index in [1.165, 1.54) is 5.56 Å². The molecule has 5 heteroatoms.